The zero-order chi connectivity index (χ0) is 14.5. The molecular weight excluding hydrogens is 244 g/mol. The molecule has 116 valence electrons. The van der Waals surface area contributed by atoms with Crippen molar-refractivity contribution in [2.24, 2.45) is 0 Å². The second-order valence-corrected chi connectivity index (χ2v) is 5.95. The average Bonchev–Trinajstić information content (AvgIpc) is 3.20. The van der Waals surface area contributed by atoms with Gasteiger partial charge < -0.3 is 4.74 Å². The van der Waals surface area contributed by atoms with Crippen molar-refractivity contribution in [2.75, 3.05) is 0 Å². The summed E-state index contributed by atoms with van der Waals surface area (Å²) in [6.07, 6.45) is 24.6. The highest BCUT2D eigenvalue weighted by Crippen LogP contribution is 2.29. The molecule has 0 aromatic carbocycles. The summed E-state index contributed by atoms with van der Waals surface area (Å²) in [5, 5.41) is 0. The lowest BCUT2D eigenvalue weighted by atomic mass is 10.1. The van der Waals surface area contributed by atoms with Gasteiger partial charge in [-0.05, 0) is 32.1 Å². The van der Waals surface area contributed by atoms with E-state index in [0.717, 1.165) is 19.3 Å². The van der Waals surface area contributed by atoms with Crippen LogP contribution >= 0.6 is 0 Å². The Bertz CT molecular complexity index is 267. The van der Waals surface area contributed by atoms with E-state index in [4.69, 9.17) is 4.74 Å². The third-order valence-electron chi connectivity index (χ3n) is 3.97. The van der Waals surface area contributed by atoms with E-state index in [9.17, 15) is 0 Å². The fourth-order valence-corrected chi connectivity index (χ4v) is 2.56. The second kappa shape index (κ2) is 12.2. The third kappa shape index (κ3) is 9.36. The topological polar surface area (TPSA) is 12.5 Å². The Kier molecular flexibility index (Phi) is 10.7. The minimum Gasteiger partial charge on any atom is -0.369 e. The minimum absolute atomic E-state index is 0.501. The molecule has 1 nitrogen and oxygen atoms in total. The summed E-state index contributed by atoms with van der Waals surface area (Å²) < 4.78 is 5.64. The van der Waals surface area contributed by atoms with Gasteiger partial charge in [0.05, 0.1) is 12.2 Å². The van der Waals surface area contributed by atoms with Gasteiger partial charge in [0.15, 0.2) is 0 Å². The average molecular weight is 278 g/mol. The van der Waals surface area contributed by atoms with Crippen LogP contribution in [-0.4, -0.2) is 12.2 Å². The van der Waals surface area contributed by atoms with E-state index >= 15 is 0 Å². The molecule has 1 aliphatic rings. The molecule has 1 fully saturated rings. The summed E-state index contributed by atoms with van der Waals surface area (Å²) in [4.78, 5) is 0. The van der Waals surface area contributed by atoms with Gasteiger partial charge in [0.2, 0.25) is 0 Å². The van der Waals surface area contributed by atoms with Gasteiger partial charge in [0.25, 0.3) is 0 Å². The van der Waals surface area contributed by atoms with Crippen LogP contribution in [0.1, 0.15) is 84.5 Å². The van der Waals surface area contributed by atoms with Gasteiger partial charge in [-0.2, -0.15) is 0 Å². The normalized spacial score (nSPS) is 22.1. The molecule has 1 heterocycles. The number of ether oxygens (including phenoxy) is 1. The third-order valence-corrected chi connectivity index (χ3v) is 3.97. The summed E-state index contributed by atoms with van der Waals surface area (Å²) >= 11 is 0. The van der Waals surface area contributed by atoms with Crippen LogP contribution in [0, 0.1) is 0 Å². The van der Waals surface area contributed by atoms with Gasteiger partial charge in [-0.25, -0.2) is 0 Å². The van der Waals surface area contributed by atoms with Crippen LogP contribution in [0.15, 0.2) is 24.3 Å². The van der Waals surface area contributed by atoms with Crippen molar-refractivity contribution in [1.82, 2.24) is 0 Å². The fourth-order valence-electron chi connectivity index (χ4n) is 2.56. The first-order valence-electron chi connectivity index (χ1n) is 8.84. The summed E-state index contributed by atoms with van der Waals surface area (Å²) in [5.74, 6) is 0. The number of hydrogen-bond donors (Lipinski definition) is 0. The maximum Gasteiger partial charge on any atom is 0.0879 e. The fraction of sp³-hybridized carbons (Fsp3) is 0.789. The molecule has 0 aliphatic carbocycles. The molecule has 2 unspecified atom stereocenters. The zero-order valence-corrected chi connectivity index (χ0v) is 13.7. The van der Waals surface area contributed by atoms with E-state index in [2.05, 4.69) is 38.2 Å². The number of unbranched alkanes of at least 4 members (excludes halogenated alkanes) is 7. The van der Waals surface area contributed by atoms with E-state index in [0.29, 0.717) is 12.2 Å². The molecule has 0 aromatic rings. The summed E-state index contributed by atoms with van der Waals surface area (Å²) in [7, 11) is 0. The Morgan fingerprint density at radius 3 is 1.95 bits per heavy atom. The Morgan fingerprint density at radius 2 is 1.30 bits per heavy atom. The first-order valence-corrected chi connectivity index (χ1v) is 8.84. The molecule has 0 bridgehead atoms. The highest BCUT2D eigenvalue weighted by Gasteiger charge is 2.35. The lowest BCUT2D eigenvalue weighted by Gasteiger charge is -1.98. The van der Waals surface area contributed by atoms with E-state index in [1.165, 1.54) is 51.4 Å². The summed E-state index contributed by atoms with van der Waals surface area (Å²) in [5.41, 5.74) is 0. The Morgan fingerprint density at radius 1 is 0.700 bits per heavy atom. The second-order valence-electron chi connectivity index (χ2n) is 5.95. The van der Waals surface area contributed by atoms with Crippen LogP contribution in [0.5, 0.6) is 0 Å². The van der Waals surface area contributed by atoms with Crippen LogP contribution in [0.25, 0.3) is 0 Å². The van der Waals surface area contributed by atoms with Crippen molar-refractivity contribution < 1.29 is 4.74 Å². The Labute approximate surface area is 126 Å². The van der Waals surface area contributed by atoms with Crippen LogP contribution in [-0.2, 0) is 4.74 Å². The first kappa shape index (κ1) is 17.5. The number of rotatable bonds is 13. The summed E-state index contributed by atoms with van der Waals surface area (Å²) in [6.45, 7) is 4.45. The predicted molar refractivity (Wildman–Crippen MR) is 89.1 cm³/mol. The molecule has 0 amide bonds. The molecule has 0 radical (unpaired) electrons. The molecule has 0 saturated carbocycles. The molecule has 2 atom stereocenters. The van der Waals surface area contributed by atoms with Crippen molar-refractivity contribution >= 4 is 0 Å². The van der Waals surface area contributed by atoms with Gasteiger partial charge in [-0.3, -0.25) is 0 Å². The van der Waals surface area contributed by atoms with Gasteiger partial charge in [-0.15, -0.1) is 0 Å². The van der Waals surface area contributed by atoms with E-state index in [1.807, 2.05) is 0 Å². The van der Waals surface area contributed by atoms with Gasteiger partial charge >= 0.3 is 0 Å². The molecule has 20 heavy (non-hydrogen) atoms. The Hall–Kier alpha value is -0.560. The lowest BCUT2D eigenvalue weighted by Crippen LogP contribution is -1.90. The standard InChI is InChI=1S/C19H34O/c1-3-5-7-8-9-10-11-12-13-15-17-19-18(20-19)16-14-6-4-2/h6,13-15,18-19H,3-5,7-12,16-17H2,1-2H3/b14-6+,15-13+. The largest absolute Gasteiger partial charge is 0.369 e. The molecule has 1 rings (SSSR count). The van der Waals surface area contributed by atoms with Crippen molar-refractivity contribution in [3.63, 3.8) is 0 Å². The molecule has 0 aromatic heterocycles. The van der Waals surface area contributed by atoms with E-state index < -0.39 is 0 Å². The summed E-state index contributed by atoms with van der Waals surface area (Å²) in [6, 6.07) is 0. The van der Waals surface area contributed by atoms with E-state index in [1.54, 1.807) is 0 Å². The van der Waals surface area contributed by atoms with Gasteiger partial charge in [0, 0.05) is 0 Å². The monoisotopic (exact) mass is 278 g/mol. The van der Waals surface area contributed by atoms with Gasteiger partial charge in [-0.1, -0.05) is 76.7 Å². The van der Waals surface area contributed by atoms with Crippen molar-refractivity contribution in [3.8, 4) is 0 Å². The van der Waals surface area contributed by atoms with E-state index in [-0.39, 0.29) is 0 Å². The minimum atomic E-state index is 0.501. The van der Waals surface area contributed by atoms with Crippen LogP contribution < -0.4 is 0 Å². The molecule has 1 heteroatoms. The van der Waals surface area contributed by atoms with Crippen LogP contribution in [0.4, 0.5) is 0 Å². The maximum atomic E-state index is 5.64. The molecule has 1 aliphatic heterocycles. The van der Waals surface area contributed by atoms with Crippen molar-refractivity contribution in [2.45, 2.75) is 96.7 Å². The van der Waals surface area contributed by atoms with Crippen molar-refractivity contribution in [1.29, 1.82) is 0 Å². The molecule has 0 spiro atoms. The SMILES string of the molecule is CC/C=C/CC1OC1C/C=C/CCCCCCCCC. The molecular formula is C19H34O. The first-order chi connectivity index (χ1) is 9.88. The number of epoxide rings is 1. The molecule has 1 saturated heterocycles. The highest BCUT2D eigenvalue weighted by molar-refractivity contribution is 4.97. The van der Waals surface area contributed by atoms with Crippen LogP contribution in [0.2, 0.25) is 0 Å². The molecule has 0 N–H and O–H groups in total. The zero-order valence-electron chi connectivity index (χ0n) is 13.7. The van der Waals surface area contributed by atoms with Gasteiger partial charge in [0.1, 0.15) is 0 Å². The predicted octanol–water partition coefficient (Wildman–Crippen LogP) is 6.20. The maximum absolute atomic E-state index is 5.64. The van der Waals surface area contributed by atoms with Crippen LogP contribution in [0.3, 0.4) is 0 Å². The number of allylic oxidation sites excluding steroid dienone is 2. The lowest BCUT2D eigenvalue weighted by molar-refractivity contribution is 0.372. The number of hydrogen-bond acceptors (Lipinski definition) is 1. The highest BCUT2D eigenvalue weighted by atomic mass is 16.6. The quantitative estimate of drug-likeness (QED) is 0.222. The smallest absolute Gasteiger partial charge is 0.0879 e. The Balaban J connectivity index is 1.83. The van der Waals surface area contributed by atoms with Crippen molar-refractivity contribution in [3.05, 3.63) is 24.3 Å².